The van der Waals surface area contributed by atoms with E-state index in [1.807, 2.05) is 11.8 Å². The van der Waals surface area contributed by atoms with Crippen LogP contribution >= 0.6 is 11.8 Å². The van der Waals surface area contributed by atoms with Gasteiger partial charge in [0.05, 0.1) is 12.7 Å². The lowest BCUT2D eigenvalue weighted by molar-refractivity contribution is 0.0489. The van der Waals surface area contributed by atoms with E-state index in [0.717, 1.165) is 24.0 Å². The van der Waals surface area contributed by atoms with Crippen molar-refractivity contribution in [3.05, 3.63) is 0 Å². The maximum atomic E-state index is 9.66. The Kier molecular flexibility index (Phi) is 7.49. The molecular formula is C12H24O2S. The second-order valence-electron chi connectivity index (χ2n) is 4.32. The lowest BCUT2D eigenvalue weighted by atomic mass is 10.0. The zero-order chi connectivity index (χ0) is 10.9. The first-order valence-electron chi connectivity index (χ1n) is 6.20. The average Bonchev–Trinajstić information content (AvgIpc) is 2.28. The summed E-state index contributed by atoms with van der Waals surface area (Å²) in [6, 6.07) is 0. The van der Waals surface area contributed by atoms with Gasteiger partial charge in [0.25, 0.3) is 0 Å². The van der Waals surface area contributed by atoms with Gasteiger partial charge in [0.15, 0.2) is 0 Å². The van der Waals surface area contributed by atoms with Crippen molar-refractivity contribution >= 4 is 11.8 Å². The molecule has 1 saturated carbocycles. The van der Waals surface area contributed by atoms with E-state index in [4.69, 9.17) is 4.74 Å². The molecule has 0 aromatic carbocycles. The summed E-state index contributed by atoms with van der Waals surface area (Å²) in [5, 5.41) is 10.5. The van der Waals surface area contributed by atoms with Crippen molar-refractivity contribution in [2.45, 2.75) is 56.8 Å². The summed E-state index contributed by atoms with van der Waals surface area (Å²) in [5.41, 5.74) is 0. The highest BCUT2D eigenvalue weighted by Gasteiger charge is 2.15. The molecule has 1 aliphatic rings. The third-order valence-corrected chi connectivity index (χ3v) is 4.26. The highest BCUT2D eigenvalue weighted by Crippen LogP contribution is 2.28. The largest absolute Gasteiger partial charge is 0.390 e. The van der Waals surface area contributed by atoms with E-state index in [0.29, 0.717) is 6.61 Å². The van der Waals surface area contributed by atoms with E-state index in [-0.39, 0.29) is 6.10 Å². The summed E-state index contributed by atoms with van der Waals surface area (Å²) in [6.45, 7) is 3.36. The van der Waals surface area contributed by atoms with E-state index in [1.54, 1.807) is 0 Å². The van der Waals surface area contributed by atoms with Crippen LogP contribution in [0.1, 0.15) is 45.4 Å². The van der Waals surface area contributed by atoms with Gasteiger partial charge in [-0.05, 0) is 19.3 Å². The standard InChI is InChI=1S/C12H24O2S/c1-2-8-14-9-11(13)10-15-12-6-4-3-5-7-12/h11-13H,2-10H2,1H3. The van der Waals surface area contributed by atoms with Crippen LogP contribution in [0.3, 0.4) is 0 Å². The molecule has 2 nitrogen and oxygen atoms in total. The van der Waals surface area contributed by atoms with Gasteiger partial charge in [-0.2, -0.15) is 11.8 Å². The fourth-order valence-electron chi connectivity index (χ4n) is 1.89. The maximum absolute atomic E-state index is 9.66. The lowest BCUT2D eigenvalue weighted by Crippen LogP contribution is -2.20. The van der Waals surface area contributed by atoms with Gasteiger partial charge >= 0.3 is 0 Å². The molecule has 15 heavy (non-hydrogen) atoms. The van der Waals surface area contributed by atoms with Crippen LogP contribution in [0.25, 0.3) is 0 Å². The Balaban J connectivity index is 1.97. The maximum Gasteiger partial charge on any atom is 0.0863 e. The third-order valence-electron chi connectivity index (χ3n) is 2.74. The van der Waals surface area contributed by atoms with Gasteiger partial charge in [-0.25, -0.2) is 0 Å². The molecule has 0 aliphatic heterocycles. The number of rotatable bonds is 7. The van der Waals surface area contributed by atoms with Crippen molar-refractivity contribution in [1.29, 1.82) is 0 Å². The molecule has 1 unspecified atom stereocenters. The van der Waals surface area contributed by atoms with E-state index in [2.05, 4.69) is 6.92 Å². The summed E-state index contributed by atoms with van der Waals surface area (Å²) in [5.74, 6) is 0.842. The number of ether oxygens (including phenoxy) is 1. The first-order chi connectivity index (χ1) is 7.33. The first kappa shape index (κ1) is 13.3. The molecule has 90 valence electrons. The van der Waals surface area contributed by atoms with Crippen LogP contribution in [0, 0.1) is 0 Å². The van der Waals surface area contributed by atoms with Crippen LogP contribution in [0.2, 0.25) is 0 Å². The van der Waals surface area contributed by atoms with Crippen molar-refractivity contribution in [3.63, 3.8) is 0 Å². The Bertz CT molecular complexity index is 147. The summed E-state index contributed by atoms with van der Waals surface area (Å²) in [7, 11) is 0. The molecule has 0 saturated heterocycles. The highest BCUT2D eigenvalue weighted by molar-refractivity contribution is 7.99. The number of aliphatic hydroxyl groups excluding tert-OH is 1. The molecule has 0 spiro atoms. The number of hydrogen-bond acceptors (Lipinski definition) is 3. The summed E-state index contributed by atoms with van der Waals surface area (Å²) in [4.78, 5) is 0. The van der Waals surface area contributed by atoms with Crippen molar-refractivity contribution in [2.24, 2.45) is 0 Å². The SMILES string of the molecule is CCCOCC(O)CSC1CCCCC1. The smallest absolute Gasteiger partial charge is 0.0863 e. The molecule has 1 fully saturated rings. The van der Waals surface area contributed by atoms with Crippen LogP contribution in [0.5, 0.6) is 0 Å². The second-order valence-corrected chi connectivity index (χ2v) is 5.66. The van der Waals surface area contributed by atoms with Crippen molar-refractivity contribution in [1.82, 2.24) is 0 Å². The predicted molar refractivity (Wildman–Crippen MR) is 66.4 cm³/mol. The van der Waals surface area contributed by atoms with Crippen LogP contribution < -0.4 is 0 Å². The summed E-state index contributed by atoms with van der Waals surface area (Å²) < 4.78 is 5.32. The van der Waals surface area contributed by atoms with Gasteiger partial charge in [0.1, 0.15) is 0 Å². The Morgan fingerprint density at radius 3 is 2.73 bits per heavy atom. The molecule has 1 aliphatic carbocycles. The Hall–Kier alpha value is 0.270. The molecule has 0 aromatic heterocycles. The van der Waals surface area contributed by atoms with E-state index in [1.165, 1.54) is 32.1 Å². The monoisotopic (exact) mass is 232 g/mol. The molecule has 1 N–H and O–H groups in total. The first-order valence-corrected chi connectivity index (χ1v) is 7.25. The van der Waals surface area contributed by atoms with E-state index in [9.17, 15) is 5.11 Å². The Morgan fingerprint density at radius 1 is 1.33 bits per heavy atom. The topological polar surface area (TPSA) is 29.5 Å². The fraction of sp³-hybridized carbons (Fsp3) is 1.00. The van der Waals surface area contributed by atoms with Gasteiger partial charge in [-0.15, -0.1) is 0 Å². The van der Waals surface area contributed by atoms with Crippen molar-refractivity contribution < 1.29 is 9.84 Å². The quantitative estimate of drug-likeness (QED) is 0.684. The number of thioether (sulfide) groups is 1. The van der Waals surface area contributed by atoms with Crippen LogP contribution in [-0.4, -0.2) is 35.4 Å². The molecule has 0 bridgehead atoms. The second kappa shape index (κ2) is 8.43. The number of aliphatic hydroxyl groups is 1. The van der Waals surface area contributed by atoms with E-state index >= 15 is 0 Å². The molecule has 1 atom stereocenters. The predicted octanol–water partition coefficient (Wildman–Crippen LogP) is 2.84. The minimum Gasteiger partial charge on any atom is -0.390 e. The fourth-order valence-corrected chi connectivity index (χ4v) is 3.15. The normalized spacial score (nSPS) is 20.4. The van der Waals surface area contributed by atoms with Gasteiger partial charge in [-0.3, -0.25) is 0 Å². The van der Waals surface area contributed by atoms with Gasteiger partial charge < -0.3 is 9.84 Å². The van der Waals surface area contributed by atoms with Crippen molar-refractivity contribution in [2.75, 3.05) is 19.0 Å². The average molecular weight is 232 g/mol. The van der Waals surface area contributed by atoms with Crippen LogP contribution in [-0.2, 0) is 4.74 Å². The molecule has 0 amide bonds. The third kappa shape index (κ3) is 6.44. The lowest BCUT2D eigenvalue weighted by Gasteiger charge is -2.22. The number of hydrogen-bond donors (Lipinski definition) is 1. The van der Waals surface area contributed by atoms with Crippen LogP contribution in [0.15, 0.2) is 0 Å². The molecule has 0 aromatic rings. The Labute approximate surface area is 97.8 Å². The van der Waals surface area contributed by atoms with Gasteiger partial charge in [0, 0.05) is 17.6 Å². The summed E-state index contributed by atoms with van der Waals surface area (Å²) in [6.07, 6.45) is 7.59. The minimum absolute atomic E-state index is 0.275. The van der Waals surface area contributed by atoms with Crippen LogP contribution in [0.4, 0.5) is 0 Å². The molecule has 3 heteroatoms. The Morgan fingerprint density at radius 2 is 2.07 bits per heavy atom. The molecule has 1 rings (SSSR count). The van der Waals surface area contributed by atoms with Gasteiger partial charge in [0.2, 0.25) is 0 Å². The zero-order valence-electron chi connectivity index (χ0n) is 9.78. The highest BCUT2D eigenvalue weighted by atomic mass is 32.2. The van der Waals surface area contributed by atoms with E-state index < -0.39 is 0 Å². The molecule has 0 heterocycles. The summed E-state index contributed by atoms with van der Waals surface area (Å²) >= 11 is 1.93. The van der Waals surface area contributed by atoms with Crippen molar-refractivity contribution in [3.8, 4) is 0 Å². The molecule has 0 radical (unpaired) electrons. The van der Waals surface area contributed by atoms with Gasteiger partial charge in [-0.1, -0.05) is 26.2 Å². The zero-order valence-corrected chi connectivity index (χ0v) is 10.6. The molecular weight excluding hydrogens is 208 g/mol. The minimum atomic E-state index is -0.275.